The molecule has 0 aliphatic carbocycles. The van der Waals surface area contributed by atoms with Crippen LogP contribution in [0.25, 0.3) is 10.2 Å². The van der Waals surface area contributed by atoms with Crippen molar-refractivity contribution in [3.05, 3.63) is 72.1 Å². The number of piperidine rings is 1. The smallest absolute Gasteiger partial charge is 0.260 e. The average Bonchev–Trinajstić information content (AvgIpc) is 3.41. The van der Waals surface area contributed by atoms with E-state index in [1.165, 1.54) is 27.8 Å². The zero-order valence-corrected chi connectivity index (χ0v) is 22.8. The van der Waals surface area contributed by atoms with Gasteiger partial charge in [0.15, 0.2) is 5.13 Å². The van der Waals surface area contributed by atoms with Gasteiger partial charge in [0.1, 0.15) is 21.7 Å². The van der Waals surface area contributed by atoms with Crippen LogP contribution in [0.1, 0.15) is 35.2 Å². The van der Waals surface area contributed by atoms with E-state index in [-0.39, 0.29) is 17.3 Å². The summed E-state index contributed by atoms with van der Waals surface area (Å²) in [6.07, 6.45) is 6.12. The lowest BCUT2D eigenvalue weighted by molar-refractivity contribution is 0.0985. The van der Waals surface area contributed by atoms with Crippen LogP contribution in [-0.2, 0) is 16.6 Å². The molecule has 0 N–H and O–H groups in total. The Kier molecular flexibility index (Phi) is 7.59. The maximum atomic E-state index is 13.8. The Bertz CT molecular complexity index is 1490. The number of anilines is 1. The molecule has 2 aromatic heterocycles. The van der Waals surface area contributed by atoms with Gasteiger partial charge >= 0.3 is 0 Å². The number of pyridine rings is 1. The van der Waals surface area contributed by atoms with Crippen molar-refractivity contribution in [2.45, 2.75) is 30.7 Å². The molecule has 1 aliphatic heterocycles. The highest BCUT2D eigenvalue weighted by Gasteiger charge is 2.28. The summed E-state index contributed by atoms with van der Waals surface area (Å²) in [6.45, 7) is 1.27. The Hall–Kier alpha value is -3.54. The summed E-state index contributed by atoms with van der Waals surface area (Å²) in [5.41, 5.74) is 1.77. The maximum absolute atomic E-state index is 13.8. The summed E-state index contributed by atoms with van der Waals surface area (Å²) in [6, 6.07) is 13.4. The molecule has 0 spiro atoms. The second-order valence-corrected chi connectivity index (χ2v) is 11.8. The Balaban J connectivity index is 1.51. The number of ether oxygens (including phenoxy) is 2. The van der Waals surface area contributed by atoms with Crippen LogP contribution in [0.5, 0.6) is 11.5 Å². The highest BCUT2D eigenvalue weighted by molar-refractivity contribution is 7.89. The third kappa shape index (κ3) is 5.09. The fourth-order valence-corrected chi connectivity index (χ4v) is 7.06. The van der Waals surface area contributed by atoms with Gasteiger partial charge in [0.05, 0.1) is 25.7 Å². The van der Waals surface area contributed by atoms with Gasteiger partial charge < -0.3 is 9.47 Å². The zero-order chi connectivity index (χ0) is 26.7. The van der Waals surface area contributed by atoms with Gasteiger partial charge in [0.25, 0.3) is 5.91 Å². The van der Waals surface area contributed by atoms with Gasteiger partial charge in [-0.2, -0.15) is 4.31 Å². The van der Waals surface area contributed by atoms with Gasteiger partial charge in [0, 0.05) is 31.0 Å². The summed E-state index contributed by atoms with van der Waals surface area (Å²) in [5.74, 6) is 0.891. The first-order valence-electron chi connectivity index (χ1n) is 12.2. The Morgan fingerprint density at radius 3 is 2.37 bits per heavy atom. The van der Waals surface area contributed by atoms with Crippen LogP contribution >= 0.6 is 11.3 Å². The van der Waals surface area contributed by atoms with Gasteiger partial charge in [0.2, 0.25) is 10.0 Å². The minimum atomic E-state index is -3.60. The van der Waals surface area contributed by atoms with E-state index in [1.807, 2.05) is 12.1 Å². The van der Waals surface area contributed by atoms with E-state index in [1.54, 1.807) is 55.8 Å². The topological polar surface area (TPSA) is 102 Å². The van der Waals surface area contributed by atoms with Gasteiger partial charge in [-0.1, -0.05) is 23.8 Å². The zero-order valence-electron chi connectivity index (χ0n) is 21.2. The van der Waals surface area contributed by atoms with Crippen molar-refractivity contribution < 1.29 is 22.7 Å². The Morgan fingerprint density at radius 2 is 1.71 bits per heavy atom. The second kappa shape index (κ2) is 11.1. The number of fused-ring (bicyclic) bond motifs is 1. The van der Waals surface area contributed by atoms with Gasteiger partial charge in [-0.15, -0.1) is 0 Å². The first kappa shape index (κ1) is 26.1. The molecule has 11 heteroatoms. The minimum absolute atomic E-state index is 0.184. The number of sulfonamides is 1. The minimum Gasteiger partial charge on any atom is -0.495 e. The number of hydrogen-bond donors (Lipinski definition) is 0. The monoisotopic (exact) mass is 552 g/mol. The fourth-order valence-electron chi connectivity index (χ4n) is 4.47. The van der Waals surface area contributed by atoms with Crippen LogP contribution in [0.4, 0.5) is 5.13 Å². The van der Waals surface area contributed by atoms with Crippen molar-refractivity contribution in [2.24, 2.45) is 0 Å². The number of methoxy groups -OCH3 is 2. The number of hydrogen-bond acceptors (Lipinski definition) is 8. The number of nitrogens with zero attached hydrogens (tertiary/aromatic N) is 4. The second-order valence-electron chi connectivity index (χ2n) is 8.89. The summed E-state index contributed by atoms with van der Waals surface area (Å²) >= 11 is 1.32. The molecule has 5 rings (SSSR count). The van der Waals surface area contributed by atoms with Crippen LogP contribution in [-0.4, -0.2) is 55.9 Å². The molecular weight excluding hydrogens is 524 g/mol. The summed E-state index contributed by atoms with van der Waals surface area (Å²) in [7, 11) is -0.446. The normalized spacial score (nSPS) is 14.4. The maximum Gasteiger partial charge on any atom is 0.260 e. The number of carbonyl (C=O) groups is 1. The molecular formula is C27H28N4O5S2. The van der Waals surface area contributed by atoms with Crippen LogP contribution in [0, 0.1) is 0 Å². The van der Waals surface area contributed by atoms with Crippen LogP contribution < -0.4 is 14.4 Å². The molecule has 0 saturated carbocycles. The van der Waals surface area contributed by atoms with E-state index in [9.17, 15) is 13.2 Å². The SMILES string of the molecule is COc1ccc(OC)c2sc(N(Cc3cccnc3)C(=O)c3ccc(S(=O)(=O)N4CCCCC4)cc3)nc12. The van der Waals surface area contributed by atoms with Gasteiger partial charge in [-0.05, 0) is 60.9 Å². The highest BCUT2D eigenvalue weighted by atomic mass is 32.2. The van der Waals surface area contributed by atoms with Crippen molar-refractivity contribution in [1.82, 2.24) is 14.3 Å². The lowest BCUT2D eigenvalue weighted by atomic mass is 10.2. The molecule has 1 aliphatic rings. The van der Waals surface area contributed by atoms with E-state index >= 15 is 0 Å². The molecule has 3 heterocycles. The number of carbonyl (C=O) groups excluding carboxylic acids is 1. The predicted octanol–water partition coefficient (Wildman–Crippen LogP) is 4.73. The molecule has 0 radical (unpaired) electrons. The number of aromatic nitrogens is 2. The molecule has 0 bridgehead atoms. The fraction of sp³-hybridized carbons (Fsp3) is 0.296. The summed E-state index contributed by atoms with van der Waals surface area (Å²) in [5, 5.41) is 0.460. The van der Waals surface area contributed by atoms with E-state index < -0.39 is 10.0 Å². The molecule has 1 amide bonds. The third-order valence-electron chi connectivity index (χ3n) is 6.49. The lowest BCUT2D eigenvalue weighted by Crippen LogP contribution is -2.35. The molecule has 198 valence electrons. The molecule has 38 heavy (non-hydrogen) atoms. The van der Waals surface area contributed by atoms with E-state index in [0.717, 1.165) is 29.5 Å². The molecule has 0 unspecified atom stereocenters. The van der Waals surface area contributed by atoms with E-state index in [4.69, 9.17) is 14.5 Å². The van der Waals surface area contributed by atoms with Gasteiger partial charge in [-0.25, -0.2) is 13.4 Å². The number of amides is 1. The number of rotatable bonds is 8. The van der Waals surface area contributed by atoms with Gasteiger partial charge in [-0.3, -0.25) is 14.7 Å². The first-order valence-corrected chi connectivity index (χ1v) is 14.5. The third-order valence-corrected chi connectivity index (χ3v) is 9.50. The Labute approximate surface area is 225 Å². The standard InChI is InChI=1S/C27H28N4O5S2/c1-35-22-12-13-23(36-2)25-24(22)29-27(37-25)31(18-19-7-6-14-28-17-19)26(32)20-8-10-21(11-9-20)38(33,34)30-15-4-3-5-16-30/h6-14,17H,3-5,15-16,18H2,1-2H3. The Morgan fingerprint density at radius 1 is 1.00 bits per heavy atom. The van der Waals surface area contributed by atoms with Crippen LogP contribution in [0.3, 0.4) is 0 Å². The lowest BCUT2D eigenvalue weighted by Gasteiger charge is -2.26. The first-order chi connectivity index (χ1) is 18.4. The summed E-state index contributed by atoms with van der Waals surface area (Å²) in [4.78, 5) is 24.5. The van der Waals surface area contributed by atoms with Crippen molar-refractivity contribution in [3.63, 3.8) is 0 Å². The molecule has 4 aromatic rings. The van der Waals surface area contributed by atoms with Crippen LogP contribution in [0.2, 0.25) is 0 Å². The van der Waals surface area contributed by atoms with E-state index in [0.29, 0.717) is 40.8 Å². The number of benzene rings is 2. The highest BCUT2D eigenvalue weighted by Crippen LogP contribution is 2.40. The average molecular weight is 553 g/mol. The molecule has 0 atom stereocenters. The molecule has 9 nitrogen and oxygen atoms in total. The van der Waals surface area contributed by atoms with Crippen molar-refractivity contribution in [3.8, 4) is 11.5 Å². The molecule has 1 saturated heterocycles. The van der Waals surface area contributed by atoms with Crippen LogP contribution in [0.15, 0.2) is 65.8 Å². The van der Waals surface area contributed by atoms with E-state index in [2.05, 4.69) is 4.98 Å². The van der Waals surface area contributed by atoms with Crippen molar-refractivity contribution >= 4 is 42.6 Å². The van der Waals surface area contributed by atoms with Crippen molar-refractivity contribution in [1.29, 1.82) is 0 Å². The quantitative estimate of drug-likeness (QED) is 0.311. The molecule has 2 aromatic carbocycles. The largest absolute Gasteiger partial charge is 0.495 e. The molecule has 1 fully saturated rings. The summed E-state index contributed by atoms with van der Waals surface area (Å²) < 4.78 is 39.4. The predicted molar refractivity (Wildman–Crippen MR) is 147 cm³/mol. The van der Waals surface area contributed by atoms with Crippen molar-refractivity contribution in [2.75, 3.05) is 32.2 Å². The number of thiazole rings is 1.